The van der Waals surface area contributed by atoms with Crippen molar-refractivity contribution in [3.63, 3.8) is 0 Å². The Labute approximate surface area is 259 Å². The fourth-order valence-electron chi connectivity index (χ4n) is 7.27. The molecule has 216 valence electrons. The molecule has 0 aromatic heterocycles. The molecule has 0 saturated carbocycles. The van der Waals surface area contributed by atoms with Crippen LogP contribution in [0.25, 0.3) is 0 Å². The summed E-state index contributed by atoms with van der Waals surface area (Å²) in [5.74, 6) is 1.36. The Hall–Kier alpha value is -1.68. The van der Waals surface area contributed by atoms with Gasteiger partial charge in [-0.1, -0.05) is 0 Å². The first-order valence-corrected chi connectivity index (χ1v) is 19.1. The summed E-state index contributed by atoms with van der Waals surface area (Å²) in [6.45, 7) is 23.1. The average Bonchev–Trinajstić information content (AvgIpc) is 3.08. The third kappa shape index (κ3) is 5.09. The van der Waals surface area contributed by atoms with Gasteiger partial charge in [0.2, 0.25) is 0 Å². The second-order valence-electron chi connectivity index (χ2n) is 12.7. The summed E-state index contributed by atoms with van der Waals surface area (Å²) in [7, 11) is 0.906. The Bertz CT molecular complexity index is 1500. The number of benzene rings is 3. The summed E-state index contributed by atoms with van der Waals surface area (Å²) >= 11 is -4.68. The first-order valence-electron chi connectivity index (χ1n) is 14.0. The molecular formula is C35H48Cl2OSiTi. The van der Waals surface area contributed by atoms with Crippen molar-refractivity contribution in [1.82, 2.24) is 0 Å². The average molecular weight is 632 g/mol. The van der Waals surface area contributed by atoms with E-state index in [1.54, 1.807) is 0 Å². The van der Waals surface area contributed by atoms with Gasteiger partial charge in [-0.3, -0.25) is 0 Å². The summed E-state index contributed by atoms with van der Waals surface area (Å²) in [4.78, 5) is 5.42. The van der Waals surface area contributed by atoms with Crippen LogP contribution in [0.5, 0.6) is 5.75 Å². The van der Waals surface area contributed by atoms with Crippen molar-refractivity contribution in [2.24, 2.45) is 5.92 Å². The molecule has 0 N–H and O–H groups in total. The van der Waals surface area contributed by atoms with Crippen LogP contribution in [0.2, 0.25) is 0 Å². The van der Waals surface area contributed by atoms with E-state index in [0.29, 0.717) is 0 Å². The Kier molecular flexibility index (Phi) is 10.3. The van der Waals surface area contributed by atoms with E-state index in [9.17, 15) is 0 Å². The van der Waals surface area contributed by atoms with Crippen molar-refractivity contribution >= 4 is 52.8 Å². The fourth-order valence-corrected chi connectivity index (χ4v) is 18.5. The summed E-state index contributed by atoms with van der Waals surface area (Å²) < 4.78 is 11.9. The molecule has 0 saturated heterocycles. The van der Waals surface area contributed by atoms with Gasteiger partial charge in [0.1, 0.15) is 0 Å². The fraction of sp³-hybridized carbons (Fsp3) is 0.343. The molecule has 40 heavy (non-hydrogen) atoms. The van der Waals surface area contributed by atoms with Crippen LogP contribution >= 0.6 is 24.8 Å². The molecule has 4 rings (SSSR count). The summed E-state index contributed by atoms with van der Waals surface area (Å²) in [5.41, 5.74) is 9.67. The molecule has 0 spiro atoms. The number of rotatable bonds is 5. The van der Waals surface area contributed by atoms with E-state index in [2.05, 4.69) is 130 Å². The molecule has 0 aliphatic heterocycles. The van der Waals surface area contributed by atoms with E-state index >= 15 is 0 Å². The quantitative estimate of drug-likeness (QED) is 0.274. The second kappa shape index (κ2) is 11.9. The first-order chi connectivity index (χ1) is 17.7. The Morgan fingerprint density at radius 1 is 0.725 bits per heavy atom. The van der Waals surface area contributed by atoms with E-state index in [1.165, 1.54) is 55.8 Å². The zero-order valence-corrected chi connectivity index (χ0v) is 31.5. The molecule has 1 unspecified atom stereocenters. The maximum absolute atomic E-state index is 7.95. The van der Waals surface area contributed by atoms with Crippen LogP contribution in [0.4, 0.5) is 0 Å². The Balaban J connectivity index is 0.00000280. The summed E-state index contributed by atoms with van der Waals surface area (Å²) in [6, 6.07) is 22.0. The van der Waals surface area contributed by atoms with E-state index in [1.807, 2.05) is 0 Å². The van der Waals surface area contributed by atoms with Gasteiger partial charge in [-0.05, 0) is 0 Å². The van der Waals surface area contributed by atoms with Crippen LogP contribution in [0, 0.1) is 26.7 Å². The van der Waals surface area contributed by atoms with Crippen molar-refractivity contribution in [1.29, 1.82) is 0 Å². The molecule has 1 nitrogen and oxygen atoms in total. The van der Waals surface area contributed by atoms with Gasteiger partial charge in [0.25, 0.3) is 0 Å². The number of hydrogen-bond donors (Lipinski definition) is 0. The van der Waals surface area contributed by atoms with Gasteiger partial charge >= 0.3 is 236 Å². The number of halogens is 2. The molecule has 3 aromatic carbocycles. The molecule has 0 amide bonds. The SMILES string of the molecule is Cl.Cl.[CH2]=[Ti]([O]c1c(C)c(C)c(C)c(C(C)(C)C)c1[SiH3])([C]1=C(C)C(C)=C(C)C1C)([c]1ccccc1)[c]1ccccc1. The van der Waals surface area contributed by atoms with Gasteiger partial charge in [-0.25, -0.2) is 0 Å². The van der Waals surface area contributed by atoms with Crippen molar-refractivity contribution in [2.45, 2.75) is 74.7 Å². The van der Waals surface area contributed by atoms with Gasteiger partial charge in [0, 0.05) is 0 Å². The van der Waals surface area contributed by atoms with Crippen LogP contribution in [0.15, 0.2) is 81.3 Å². The molecule has 0 heterocycles. The minimum atomic E-state index is -4.68. The first kappa shape index (κ1) is 34.5. The zero-order chi connectivity index (χ0) is 28.2. The molecule has 1 atom stereocenters. The number of hydrogen-bond acceptors (Lipinski definition) is 1. The van der Waals surface area contributed by atoms with Gasteiger partial charge in [0.05, 0.1) is 0 Å². The second-order valence-corrected chi connectivity index (χ2v) is 20.9. The van der Waals surface area contributed by atoms with E-state index in [0.717, 1.165) is 16.0 Å². The molecule has 3 aromatic rings. The van der Waals surface area contributed by atoms with Gasteiger partial charge in [-0.2, -0.15) is 0 Å². The van der Waals surface area contributed by atoms with Crippen molar-refractivity contribution in [3.8, 4) is 5.75 Å². The molecule has 0 bridgehead atoms. The van der Waals surface area contributed by atoms with Gasteiger partial charge in [0.15, 0.2) is 0 Å². The van der Waals surface area contributed by atoms with Crippen molar-refractivity contribution in [2.75, 3.05) is 0 Å². The van der Waals surface area contributed by atoms with Crippen molar-refractivity contribution in [3.05, 3.63) is 104 Å². The maximum atomic E-state index is 7.95. The summed E-state index contributed by atoms with van der Waals surface area (Å²) in [5, 5.41) is 1.38. The van der Waals surface area contributed by atoms with Crippen LogP contribution < -0.4 is 16.2 Å². The van der Waals surface area contributed by atoms with Crippen LogP contribution in [0.1, 0.15) is 70.7 Å². The minimum absolute atomic E-state index is 0. The van der Waals surface area contributed by atoms with Crippen molar-refractivity contribution < 1.29 is 18.5 Å². The molecule has 0 radical (unpaired) electrons. The Morgan fingerprint density at radius 2 is 1.18 bits per heavy atom. The predicted octanol–water partition coefficient (Wildman–Crippen LogP) is 7.07. The summed E-state index contributed by atoms with van der Waals surface area (Å²) in [6.07, 6.45) is 0. The normalized spacial score (nSPS) is 16.1. The molecule has 5 heteroatoms. The molecule has 1 aliphatic carbocycles. The van der Waals surface area contributed by atoms with E-state index in [-0.39, 0.29) is 36.1 Å². The molecule has 0 fully saturated rings. The zero-order valence-electron chi connectivity index (χ0n) is 26.3. The van der Waals surface area contributed by atoms with Gasteiger partial charge < -0.3 is 0 Å². The van der Waals surface area contributed by atoms with E-state index in [4.69, 9.17) is 8.14 Å². The Morgan fingerprint density at radius 3 is 1.55 bits per heavy atom. The third-order valence-corrected chi connectivity index (χ3v) is 19.5. The topological polar surface area (TPSA) is 9.23 Å². The monoisotopic (exact) mass is 630 g/mol. The molecular weight excluding hydrogens is 583 g/mol. The number of allylic oxidation sites excluding steroid dienone is 4. The van der Waals surface area contributed by atoms with E-state index < -0.39 is 15.2 Å². The van der Waals surface area contributed by atoms with Gasteiger partial charge in [-0.15, -0.1) is 24.8 Å². The third-order valence-electron chi connectivity index (χ3n) is 9.61. The standard InChI is InChI=1S/C13H22OSi.C9H13.2C6H5.CH2.2ClH.Ti/c1-7-8(2)10(13(4,5)6)12(15)11(14)9(7)3;1-6-5-7(2)9(4)8(6)3;2*1-2-4-6-5-3-1;;;;/h14H,1-6,15H3;6H,1-4H3;2*1-5H;1H2;2*1H;/q;;;;;;;+1/p-1. The van der Waals surface area contributed by atoms with Crippen LogP contribution in [-0.2, 0) is 20.6 Å². The van der Waals surface area contributed by atoms with Crippen LogP contribution in [0.3, 0.4) is 0 Å². The predicted molar refractivity (Wildman–Crippen MR) is 184 cm³/mol. The molecule has 1 aliphatic rings. The van der Waals surface area contributed by atoms with Crippen LogP contribution in [-0.4, -0.2) is 15.1 Å².